The number of piperidine rings is 1. The van der Waals surface area contributed by atoms with Crippen molar-refractivity contribution in [1.82, 2.24) is 25.5 Å². The lowest BCUT2D eigenvalue weighted by atomic mass is 10.0. The van der Waals surface area contributed by atoms with Gasteiger partial charge in [-0.15, -0.1) is 11.3 Å². The first-order valence-electron chi connectivity index (χ1n) is 17.9. The molecule has 13 nitrogen and oxygen atoms in total. The molecule has 5 amide bonds. The summed E-state index contributed by atoms with van der Waals surface area (Å²) < 4.78 is 12.4. The predicted octanol–water partition coefficient (Wildman–Crippen LogP) is 6.03. The predicted molar refractivity (Wildman–Crippen MR) is 208 cm³/mol. The number of benzene rings is 3. The molecule has 2 N–H and O–H groups in total. The number of thiazole rings is 1. The van der Waals surface area contributed by atoms with Crippen LogP contribution in [0.4, 0.5) is 10.5 Å². The molecule has 0 aliphatic carbocycles. The van der Waals surface area contributed by atoms with Gasteiger partial charge in [-0.05, 0) is 98.8 Å². The monoisotopic (exact) mass is 760 g/mol. The van der Waals surface area contributed by atoms with Crippen molar-refractivity contribution >= 4 is 57.0 Å². The van der Waals surface area contributed by atoms with Gasteiger partial charge in [0.15, 0.2) is 6.61 Å². The second kappa shape index (κ2) is 15.3. The average Bonchev–Trinajstić information content (AvgIpc) is 3.72. The molecule has 14 heteroatoms. The number of carbonyl (C=O) groups excluding carboxylic acids is 5. The third kappa shape index (κ3) is 8.34. The Morgan fingerprint density at radius 3 is 2.58 bits per heavy atom. The van der Waals surface area contributed by atoms with E-state index in [1.807, 2.05) is 36.5 Å². The van der Waals surface area contributed by atoms with Crippen molar-refractivity contribution in [2.24, 2.45) is 0 Å². The van der Waals surface area contributed by atoms with E-state index in [1.165, 1.54) is 21.1 Å². The van der Waals surface area contributed by atoms with Crippen LogP contribution in [0.5, 0.6) is 5.75 Å². The molecule has 282 valence electrons. The number of aromatic nitrogens is 2. The van der Waals surface area contributed by atoms with Crippen LogP contribution in [0, 0.1) is 6.92 Å². The van der Waals surface area contributed by atoms with Gasteiger partial charge in [0.05, 0.1) is 10.2 Å². The number of imide groups is 1. The number of fused-ring (bicyclic) bond motifs is 2. The molecule has 2 aliphatic heterocycles. The number of rotatable bonds is 10. The van der Waals surface area contributed by atoms with Crippen molar-refractivity contribution in [2.75, 3.05) is 24.6 Å². The summed E-state index contributed by atoms with van der Waals surface area (Å²) in [6, 6.07) is 20.0. The third-order valence-corrected chi connectivity index (χ3v) is 10.3. The van der Waals surface area contributed by atoms with Crippen LogP contribution in [-0.2, 0) is 25.7 Å². The van der Waals surface area contributed by atoms with Gasteiger partial charge in [0, 0.05) is 55.3 Å². The Morgan fingerprint density at radius 2 is 1.84 bits per heavy atom. The number of aryl methyl sites for hydroxylation is 1. The van der Waals surface area contributed by atoms with E-state index in [2.05, 4.69) is 40.7 Å². The minimum atomic E-state index is -0.743. The zero-order chi connectivity index (χ0) is 38.9. The molecule has 2 aliphatic rings. The molecule has 1 atom stereocenters. The Bertz CT molecular complexity index is 2320. The Morgan fingerprint density at radius 1 is 1.02 bits per heavy atom. The smallest absolute Gasteiger partial charge is 0.414 e. The molecular formula is C41H40N6O7S. The highest BCUT2D eigenvalue weighted by Crippen LogP contribution is 2.36. The largest absolute Gasteiger partial charge is 0.484 e. The van der Waals surface area contributed by atoms with Gasteiger partial charge in [-0.25, -0.2) is 9.78 Å². The molecular weight excluding hydrogens is 721 g/mol. The lowest BCUT2D eigenvalue weighted by Gasteiger charge is -2.29. The SMILES string of the molecule is Cc1cc(-c2cccnc2)ccc1-c1nc2ccc(N(CCNC(=O)COc3ccc4c(c3)CN(C3CCC(=O)NC3=O)C4=O)C(=O)OC(C)(C)C)cc2s1. The summed E-state index contributed by atoms with van der Waals surface area (Å²) in [6.45, 7) is 7.59. The molecule has 0 bridgehead atoms. The molecule has 1 saturated heterocycles. The van der Waals surface area contributed by atoms with E-state index in [0.29, 0.717) is 22.6 Å². The van der Waals surface area contributed by atoms with E-state index in [-0.39, 0.29) is 50.9 Å². The second-order valence-electron chi connectivity index (χ2n) is 14.4. The molecule has 2 aromatic heterocycles. The number of pyridine rings is 1. The number of nitrogens with one attached hydrogen (secondary N) is 2. The van der Waals surface area contributed by atoms with Crippen LogP contribution in [0.25, 0.3) is 31.9 Å². The van der Waals surface area contributed by atoms with E-state index < -0.39 is 29.6 Å². The first-order chi connectivity index (χ1) is 26.3. The zero-order valence-electron chi connectivity index (χ0n) is 30.9. The van der Waals surface area contributed by atoms with Crippen molar-refractivity contribution in [3.63, 3.8) is 0 Å². The van der Waals surface area contributed by atoms with E-state index in [9.17, 15) is 24.0 Å². The van der Waals surface area contributed by atoms with Crippen LogP contribution < -0.4 is 20.3 Å². The molecule has 0 radical (unpaired) electrons. The number of nitrogens with zero attached hydrogens (tertiary/aromatic N) is 4. The average molecular weight is 761 g/mol. The third-order valence-electron chi connectivity index (χ3n) is 9.27. The summed E-state index contributed by atoms with van der Waals surface area (Å²) >= 11 is 1.53. The van der Waals surface area contributed by atoms with Gasteiger partial charge in [-0.1, -0.05) is 24.3 Å². The maximum absolute atomic E-state index is 13.5. The van der Waals surface area contributed by atoms with Gasteiger partial charge in [-0.2, -0.15) is 0 Å². The fraction of sp³-hybridized carbons (Fsp3) is 0.293. The Balaban J connectivity index is 0.990. The number of anilines is 1. The molecule has 0 spiro atoms. The first kappa shape index (κ1) is 37.2. The quantitative estimate of drug-likeness (QED) is 0.162. The van der Waals surface area contributed by atoms with Crippen molar-refractivity contribution in [3.05, 3.63) is 95.8 Å². The highest BCUT2D eigenvalue weighted by molar-refractivity contribution is 7.21. The van der Waals surface area contributed by atoms with Gasteiger partial charge >= 0.3 is 6.09 Å². The number of hydrogen-bond donors (Lipinski definition) is 2. The molecule has 3 aromatic carbocycles. The lowest BCUT2D eigenvalue weighted by Crippen LogP contribution is -2.52. The minimum absolute atomic E-state index is 0.121. The van der Waals surface area contributed by atoms with Crippen LogP contribution in [0.1, 0.15) is 55.1 Å². The van der Waals surface area contributed by atoms with E-state index in [1.54, 1.807) is 45.2 Å². The number of ether oxygens (including phenoxy) is 2. The topological polar surface area (TPSA) is 160 Å². The maximum Gasteiger partial charge on any atom is 0.414 e. The normalized spacial score (nSPS) is 15.5. The van der Waals surface area contributed by atoms with Crippen LogP contribution in [0.15, 0.2) is 79.1 Å². The van der Waals surface area contributed by atoms with Crippen molar-refractivity contribution < 1.29 is 33.4 Å². The number of amides is 5. The Labute approximate surface area is 321 Å². The molecule has 7 rings (SSSR count). The lowest BCUT2D eigenvalue weighted by molar-refractivity contribution is -0.137. The van der Waals surface area contributed by atoms with Crippen molar-refractivity contribution in [2.45, 2.75) is 58.7 Å². The van der Waals surface area contributed by atoms with Crippen LogP contribution in [-0.4, -0.2) is 75.9 Å². The van der Waals surface area contributed by atoms with Crippen LogP contribution >= 0.6 is 11.3 Å². The van der Waals surface area contributed by atoms with Crippen LogP contribution in [0.2, 0.25) is 0 Å². The van der Waals surface area contributed by atoms with E-state index in [0.717, 1.165) is 37.5 Å². The molecule has 1 unspecified atom stereocenters. The molecule has 1 fully saturated rings. The number of hydrogen-bond acceptors (Lipinski definition) is 10. The first-order valence-corrected chi connectivity index (χ1v) is 18.7. The Hall–Kier alpha value is -6.15. The summed E-state index contributed by atoms with van der Waals surface area (Å²) in [4.78, 5) is 75.3. The second-order valence-corrected chi connectivity index (χ2v) is 15.5. The zero-order valence-corrected chi connectivity index (χ0v) is 31.7. The molecule has 4 heterocycles. The fourth-order valence-corrected chi connectivity index (χ4v) is 7.69. The molecule has 55 heavy (non-hydrogen) atoms. The Kier molecular flexibility index (Phi) is 10.3. The van der Waals surface area contributed by atoms with Gasteiger partial charge in [-0.3, -0.25) is 34.4 Å². The van der Waals surface area contributed by atoms with E-state index >= 15 is 0 Å². The molecule has 0 saturated carbocycles. The summed E-state index contributed by atoms with van der Waals surface area (Å²) in [7, 11) is 0. The van der Waals surface area contributed by atoms with Crippen molar-refractivity contribution in [1.29, 1.82) is 0 Å². The van der Waals surface area contributed by atoms with Gasteiger partial charge in [0.25, 0.3) is 11.8 Å². The maximum atomic E-state index is 13.5. The van der Waals surface area contributed by atoms with Gasteiger partial charge in [0.2, 0.25) is 11.8 Å². The summed E-state index contributed by atoms with van der Waals surface area (Å²) in [5, 5.41) is 5.97. The summed E-state index contributed by atoms with van der Waals surface area (Å²) in [5.74, 6) is -1.14. The van der Waals surface area contributed by atoms with Gasteiger partial charge in [0.1, 0.15) is 22.4 Å². The van der Waals surface area contributed by atoms with Crippen molar-refractivity contribution in [3.8, 4) is 27.4 Å². The summed E-state index contributed by atoms with van der Waals surface area (Å²) in [6.07, 6.45) is 3.47. The fourth-order valence-electron chi connectivity index (χ4n) is 6.60. The summed E-state index contributed by atoms with van der Waals surface area (Å²) in [5.41, 5.74) is 5.99. The van der Waals surface area contributed by atoms with Crippen LogP contribution in [0.3, 0.4) is 0 Å². The highest BCUT2D eigenvalue weighted by atomic mass is 32.1. The number of carbonyl (C=O) groups is 5. The minimum Gasteiger partial charge on any atom is -0.484 e. The van der Waals surface area contributed by atoms with Gasteiger partial charge < -0.3 is 19.7 Å². The molecule has 5 aromatic rings. The highest BCUT2D eigenvalue weighted by Gasteiger charge is 2.39. The standard InChI is InChI=1S/C41H40N6O7S/c1-24-18-25(26-6-5-15-42-21-26)7-10-30(24)38-44-32-12-8-28(20-34(32)55-38)46(40(52)54-41(2,3)4)17-16-43-36(49)23-53-29-9-11-31-27(19-29)22-47(39(31)51)33-13-14-35(48)45-37(33)50/h5-12,15,18-21,33H,13-14,16-17,22-23H2,1-4H3,(H,43,49)(H,45,48,50). The van der Waals surface area contributed by atoms with E-state index in [4.69, 9.17) is 14.5 Å².